The number of amidine groups is 1. The molecule has 27 heavy (non-hydrogen) atoms. The minimum atomic E-state index is -3.42. The molecule has 0 aliphatic carbocycles. The number of amides is 1. The highest BCUT2D eigenvalue weighted by Gasteiger charge is 2.26. The summed E-state index contributed by atoms with van der Waals surface area (Å²) in [5.41, 5.74) is 1.31. The van der Waals surface area contributed by atoms with Crippen molar-refractivity contribution in [2.75, 3.05) is 12.3 Å². The molecule has 3 heterocycles. The molecule has 7 nitrogen and oxygen atoms in total. The number of furan rings is 1. The number of nitrogens with one attached hydrogen (secondary N) is 1. The fourth-order valence-corrected chi connectivity index (χ4v) is 3.94. The molecule has 1 amide bonds. The molecule has 0 spiro atoms. The number of fused-ring (bicyclic) bond motifs is 1. The van der Waals surface area contributed by atoms with Gasteiger partial charge in [0.2, 0.25) is 0 Å². The Morgan fingerprint density at radius 2 is 1.96 bits per heavy atom. The van der Waals surface area contributed by atoms with Gasteiger partial charge in [-0.05, 0) is 29.8 Å². The Kier molecular flexibility index (Phi) is 4.41. The summed E-state index contributed by atoms with van der Waals surface area (Å²) in [6.45, 7) is 0.266. The zero-order valence-electron chi connectivity index (χ0n) is 14.3. The van der Waals surface area contributed by atoms with Gasteiger partial charge in [0.1, 0.15) is 17.6 Å². The van der Waals surface area contributed by atoms with Crippen molar-refractivity contribution in [3.8, 4) is 0 Å². The fourth-order valence-electron chi connectivity index (χ4n) is 2.97. The molecule has 0 fully saturated rings. The predicted octanol–water partition coefficient (Wildman–Crippen LogP) is 1.98. The van der Waals surface area contributed by atoms with Crippen LogP contribution in [0, 0.1) is 0 Å². The SMILES string of the molecule is O=C(NC(c1ccccc1)c1ccco1)C1=CN2CCS(=O)(=O)N=C2C=C1. The fraction of sp³-hybridized carbons (Fsp3) is 0.158. The lowest BCUT2D eigenvalue weighted by molar-refractivity contribution is -0.117. The molecule has 0 saturated heterocycles. The summed E-state index contributed by atoms with van der Waals surface area (Å²) in [4.78, 5) is 14.5. The zero-order chi connectivity index (χ0) is 18.9. The van der Waals surface area contributed by atoms with Crippen molar-refractivity contribution in [3.05, 3.63) is 84.0 Å². The average molecular weight is 383 g/mol. The summed E-state index contributed by atoms with van der Waals surface area (Å²) in [5, 5.41) is 2.98. The second kappa shape index (κ2) is 6.88. The Bertz CT molecular complexity index is 1040. The van der Waals surface area contributed by atoms with Gasteiger partial charge in [0.05, 0.1) is 17.6 Å². The molecular formula is C19H17N3O4S. The first-order chi connectivity index (χ1) is 13.0. The van der Waals surface area contributed by atoms with E-state index in [0.717, 1.165) is 5.56 Å². The van der Waals surface area contributed by atoms with E-state index < -0.39 is 16.1 Å². The van der Waals surface area contributed by atoms with E-state index in [9.17, 15) is 13.2 Å². The van der Waals surface area contributed by atoms with Gasteiger partial charge in [0, 0.05) is 12.7 Å². The quantitative estimate of drug-likeness (QED) is 0.872. The van der Waals surface area contributed by atoms with E-state index in [1.54, 1.807) is 29.5 Å². The number of carbonyl (C=O) groups is 1. The number of hydrogen-bond donors (Lipinski definition) is 1. The Labute approximate surface area is 156 Å². The third kappa shape index (κ3) is 3.70. The maximum Gasteiger partial charge on any atom is 0.256 e. The molecule has 2 aliphatic rings. The van der Waals surface area contributed by atoms with Crippen molar-refractivity contribution >= 4 is 21.8 Å². The van der Waals surface area contributed by atoms with Gasteiger partial charge in [-0.3, -0.25) is 4.79 Å². The number of hydrogen-bond acceptors (Lipinski definition) is 5. The predicted molar refractivity (Wildman–Crippen MR) is 100 cm³/mol. The first-order valence-corrected chi connectivity index (χ1v) is 10.0. The van der Waals surface area contributed by atoms with Gasteiger partial charge >= 0.3 is 0 Å². The Balaban J connectivity index is 1.58. The standard InChI is InChI=1S/C19H17N3O4S/c23-19(15-8-9-17-21-27(24,25)12-10-22(17)13-15)20-18(16-7-4-11-26-16)14-5-2-1-3-6-14/h1-9,11,13,18H,10,12H2,(H,20,23). The van der Waals surface area contributed by atoms with E-state index in [2.05, 4.69) is 9.71 Å². The van der Waals surface area contributed by atoms with E-state index >= 15 is 0 Å². The molecule has 4 rings (SSSR count). The smallest absolute Gasteiger partial charge is 0.256 e. The second-order valence-corrected chi connectivity index (χ2v) is 7.93. The molecule has 1 aromatic heterocycles. The lowest BCUT2D eigenvalue weighted by Crippen LogP contribution is -2.38. The van der Waals surface area contributed by atoms with Crippen LogP contribution >= 0.6 is 0 Å². The first kappa shape index (κ1) is 17.3. The Hall–Kier alpha value is -3.13. The number of nitrogens with zero attached hydrogens (tertiary/aromatic N) is 2. The minimum absolute atomic E-state index is 0.0746. The summed E-state index contributed by atoms with van der Waals surface area (Å²) in [6, 6.07) is 12.7. The van der Waals surface area contributed by atoms with E-state index in [0.29, 0.717) is 17.2 Å². The molecule has 8 heteroatoms. The van der Waals surface area contributed by atoms with Crippen molar-refractivity contribution in [1.82, 2.24) is 10.2 Å². The normalized spacial score (nSPS) is 18.9. The largest absolute Gasteiger partial charge is 0.467 e. The van der Waals surface area contributed by atoms with Gasteiger partial charge in [-0.25, -0.2) is 8.42 Å². The molecule has 138 valence electrons. The number of sulfonamides is 1. The summed E-state index contributed by atoms with van der Waals surface area (Å²) in [6.07, 6.45) is 6.28. The van der Waals surface area contributed by atoms with E-state index in [1.807, 2.05) is 36.4 Å². The van der Waals surface area contributed by atoms with Crippen molar-refractivity contribution in [2.24, 2.45) is 4.40 Å². The monoisotopic (exact) mass is 383 g/mol. The van der Waals surface area contributed by atoms with Crippen molar-refractivity contribution in [2.45, 2.75) is 6.04 Å². The molecule has 2 aliphatic heterocycles. The number of rotatable bonds is 4. The van der Waals surface area contributed by atoms with Crippen LogP contribution in [0.3, 0.4) is 0 Å². The van der Waals surface area contributed by atoms with Crippen LogP contribution in [0.4, 0.5) is 0 Å². The van der Waals surface area contributed by atoms with Crippen molar-refractivity contribution in [3.63, 3.8) is 0 Å². The van der Waals surface area contributed by atoms with Crippen molar-refractivity contribution < 1.29 is 17.6 Å². The second-order valence-electron chi connectivity index (χ2n) is 6.18. The summed E-state index contributed by atoms with van der Waals surface area (Å²) in [7, 11) is -3.42. The molecule has 1 atom stereocenters. The lowest BCUT2D eigenvalue weighted by Gasteiger charge is -2.27. The van der Waals surface area contributed by atoms with Crippen LogP contribution in [0.15, 0.2) is 81.5 Å². The van der Waals surface area contributed by atoms with Gasteiger partial charge in [-0.15, -0.1) is 4.40 Å². The van der Waals surface area contributed by atoms with Gasteiger partial charge in [0.25, 0.3) is 15.9 Å². The van der Waals surface area contributed by atoms with E-state index in [4.69, 9.17) is 4.42 Å². The molecule has 1 unspecified atom stereocenters. The topological polar surface area (TPSA) is 92.0 Å². The summed E-state index contributed by atoms with van der Waals surface area (Å²) in [5.74, 6) is 0.586. The van der Waals surface area contributed by atoms with Gasteiger partial charge in [0.15, 0.2) is 0 Å². The third-order valence-electron chi connectivity index (χ3n) is 4.32. The molecule has 0 radical (unpaired) electrons. The lowest BCUT2D eigenvalue weighted by atomic mass is 10.0. The Morgan fingerprint density at radius 3 is 2.70 bits per heavy atom. The molecule has 0 saturated carbocycles. The highest BCUT2D eigenvalue weighted by Crippen LogP contribution is 2.24. The average Bonchev–Trinajstić information content (AvgIpc) is 3.20. The molecule has 1 N–H and O–H groups in total. The highest BCUT2D eigenvalue weighted by molar-refractivity contribution is 7.90. The summed E-state index contributed by atoms with van der Waals surface area (Å²) < 4.78 is 32.4. The molecular weight excluding hydrogens is 366 g/mol. The van der Waals surface area contributed by atoms with Gasteiger partial charge in [-0.1, -0.05) is 30.3 Å². The zero-order valence-corrected chi connectivity index (χ0v) is 15.1. The number of carbonyl (C=O) groups excluding carboxylic acids is 1. The van der Waals surface area contributed by atoms with Crippen LogP contribution in [-0.2, 0) is 14.8 Å². The molecule has 2 aromatic rings. The summed E-state index contributed by atoms with van der Waals surface area (Å²) >= 11 is 0. The van der Waals surface area contributed by atoms with Crippen molar-refractivity contribution in [1.29, 1.82) is 0 Å². The maximum atomic E-state index is 12.8. The molecule has 1 aromatic carbocycles. The minimum Gasteiger partial charge on any atom is -0.467 e. The number of benzene rings is 1. The Morgan fingerprint density at radius 1 is 1.15 bits per heavy atom. The van der Waals surface area contributed by atoms with Crippen LogP contribution in [0.2, 0.25) is 0 Å². The first-order valence-electron chi connectivity index (χ1n) is 8.40. The highest BCUT2D eigenvalue weighted by atomic mass is 32.2. The van der Waals surface area contributed by atoms with Crippen LogP contribution in [0.1, 0.15) is 17.4 Å². The van der Waals surface area contributed by atoms with Crippen LogP contribution < -0.4 is 5.32 Å². The van der Waals surface area contributed by atoms with E-state index in [-0.39, 0.29) is 18.2 Å². The van der Waals surface area contributed by atoms with Crippen LogP contribution in [0.5, 0.6) is 0 Å². The van der Waals surface area contributed by atoms with Crippen LogP contribution in [-0.4, -0.2) is 37.4 Å². The third-order valence-corrected chi connectivity index (χ3v) is 5.49. The van der Waals surface area contributed by atoms with E-state index in [1.165, 1.54) is 6.08 Å². The molecule has 0 bridgehead atoms. The van der Waals surface area contributed by atoms with Gasteiger partial charge < -0.3 is 14.6 Å². The van der Waals surface area contributed by atoms with Crippen LogP contribution in [0.25, 0.3) is 0 Å². The van der Waals surface area contributed by atoms with Gasteiger partial charge in [-0.2, -0.15) is 0 Å². The maximum absolute atomic E-state index is 12.8.